The third kappa shape index (κ3) is 2.60. The summed E-state index contributed by atoms with van der Waals surface area (Å²) in [7, 11) is 0.335. The maximum absolute atomic E-state index is 12.6. The van der Waals surface area contributed by atoms with Gasteiger partial charge in [-0.15, -0.1) is 0 Å². The number of aromatic nitrogens is 2. The second kappa shape index (κ2) is 5.83. The van der Waals surface area contributed by atoms with Crippen molar-refractivity contribution in [3.63, 3.8) is 0 Å². The van der Waals surface area contributed by atoms with E-state index >= 15 is 0 Å². The van der Waals surface area contributed by atoms with Crippen molar-refractivity contribution in [3.8, 4) is 5.75 Å². The lowest BCUT2D eigenvalue weighted by Crippen LogP contribution is -2.23. The SMILES string of the molecule is COc1ccc2nc(S(=O)CN3C=CC4OC=C(C)C4=C3)[nH]c2c1. The van der Waals surface area contributed by atoms with Crippen LogP contribution in [0.2, 0.25) is 0 Å². The van der Waals surface area contributed by atoms with Crippen LogP contribution < -0.4 is 4.74 Å². The molecular formula is C17H17N3O3S. The van der Waals surface area contributed by atoms with E-state index in [1.165, 1.54) is 0 Å². The predicted molar refractivity (Wildman–Crippen MR) is 91.6 cm³/mol. The molecule has 2 aromatic rings. The van der Waals surface area contributed by atoms with E-state index in [-0.39, 0.29) is 6.10 Å². The van der Waals surface area contributed by atoms with Crippen LogP contribution in [0.5, 0.6) is 5.75 Å². The summed E-state index contributed by atoms with van der Waals surface area (Å²) >= 11 is 0. The zero-order valence-electron chi connectivity index (χ0n) is 13.4. The Morgan fingerprint density at radius 1 is 1.46 bits per heavy atom. The number of nitrogens with zero attached hydrogens (tertiary/aromatic N) is 2. The fourth-order valence-electron chi connectivity index (χ4n) is 2.75. The molecule has 24 heavy (non-hydrogen) atoms. The highest BCUT2D eigenvalue weighted by atomic mass is 32.2. The first-order chi connectivity index (χ1) is 11.6. The minimum Gasteiger partial charge on any atom is -0.497 e. The van der Waals surface area contributed by atoms with Crippen LogP contribution in [0.25, 0.3) is 11.0 Å². The third-order valence-corrected chi connectivity index (χ3v) is 5.22. The van der Waals surface area contributed by atoms with Gasteiger partial charge in [0.2, 0.25) is 0 Å². The summed E-state index contributed by atoms with van der Waals surface area (Å²) in [4.78, 5) is 9.44. The lowest BCUT2D eigenvalue weighted by Gasteiger charge is -2.22. The van der Waals surface area contributed by atoms with Crippen LogP contribution in [0.1, 0.15) is 6.92 Å². The lowest BCUT2D eigenvalue weighted by atomic mass is 10.0. The summed E-state index contributed by atoms with van der Waals surface area (Å²) in [6, 6.07) is 5.53. The normalized spacial score (nSPS) is 20.4. The summed E-state index contributed by atoms with van der Waals surface area (Å²) in [5.74, 6) is 1.07. The van der Waals surface area contributed by atoms with Gasteiger partial charge in [0.25, 0.3) is 0 Å². The van der Waals surface area contributed by atoms with Crippen molar-refractivity contribution >= 4 is 21.8 Å². The van der Waals surface area contributed by atoms with Gasteiger partial charge in [0.05, 0.1) is 24.4 Å². The fourth-order valence-corrected chi connectivity index (χ4v) is 3.73. The van der Waals surface area contributed by atoms with E-state index < -0.39 is 10.8 Å². The van der Waals surface area contributed by atoms with Crippen LogP contribution in [0.15, 0.2) is 59.2 Å². The van der Waals surface area contributed by atoms with Gasteiger partial charge in [0.1, 0.15) is 28.5 Å². The number of benzene rings is 1. The Morgan fingerprint density at radius 3 is 3.17 bits per heavy atom. The lowest BCUT2D eigenvalue weighted by molar-refractivity contribution is 0.232. The fraction of sp³-hybridized carbons (Fsp3) is 0.235. The topological polar surface area (TPSA) is 67.4 Å². The second-order valence-electron chi connectivity index (χ2n) is 5.70. The molecule has 4 rings (SSSR count). The van der Waals surface area contributed by atoms with Gasteiger partial charge in [-0.3, -0.25) is 0 Å². The number of methoxy groups -OCH3 is 1. The van der Waals surface area contributed by atoms with E-state index in [4.69, 9.17) is 9.47 Å². The number of fused-ring (bicyclic) bond motifs is 2. The van der Waals surface area contributed by atoms with Crippen molar-refractivity contribution in [3.05, 3.63) is 54.1 Å². The number of aromatic amines is 1. The molecule has 3 heterocycles. The molecule has 1 N–H and O–H groups in total. The monoisotopic (exact) mass is 343 g/mol. The van der Waals surface area contributed by atoms with Gasteiger partial charge in [0.15, 0.2) is 5.16 Å². The Balaban J connectivity index is 1.54. The predicted octanol–water partition coefficient (Wildman–Crippen LogP) is 2.65. The van der Waals surface area contributed by atoms with E-state index in [1.54, 1.807) is 13.4 Å². The molecule has 2 aliphatic heterocycles. The van der Waals surface area contributed by atoms with Gasteiger partial charge in [0, 0.05) is 24.0 Å². The van der Waals surface area contributed by atoms with Crippen LogP contribution in [0.3, 0.4) is 0 Å². The number of hydrogen-bond acceptors (Lipinski definition) is 5. The van der Waals surface area contributed by atoms with Gasteiger partial charge >= 0.3 is 0 Å². The summed E-state index contributed by atoms with van der Waals surface area (Å²) < 4.78 is 23.4. The Bertz CT molecular complexity index is 913. The first-order valence-electron chi connectivity index (χ1n) is 7.54. The van der Waals surface area contributed by atoms with Gasteiger partial charge in [-0.05, 0) is 30.7 Å². The Morgan fingerprint density at radius 2 is 2.33 bits per heavy atom. The molecular weight excluding hydrogens is 326 g/mol. The summed E-state index contributed by atoms with van der Waals surface area (Å²) in [6.07, 6.45) is 7.57. The molecule has 0 saturated heterocycles. The van der Waals surface area contributed by atoms with E-state index in [0.29, 0.717) is 11.0 Å². The Kier molecular flexibility index (Phi) is 3.65. The highest BCUT2D eigenvalue weighted by molar-refractivity contribution is 7.84. The second-order valence-corrected chi connectivity index (χ2v) is 7.03. The smallest absolute Gasteiger partial charge is 0.199 e. The zero-order valence-corrected chi connectivity index (χ0v) is 14.2. The van der Waals surface area contributed by atoms with Gasteiger partial charge in [-0.25, -0.2) is 9.19 Å². The molecule has 1 aromatic carbocycles. The Labute approximate surface area is 141 Å². The van der Waals surface area contributed by atoms with Crippen molar-refractivity contribution in [2.75, 3.05) is 13.0 Å². The Hall–Kier alpha value is -2.54. The number of hydrogen-bond donors (Lipinski definition) is 1. The molecule has 124 valence electrons. The van der Waals surface area contributed by atoms with E-state index in [2.05, 4.69) is 9.97 Å². The van der Waals surface area contributed by atoms with Crippen LogP contribution in [-0.4, -0.2) is 38.2 Å². The van der Waals surface area contributed by atoms with Crippen LogP contribution in [0, 0.1) is 0 Å². The van der Waals surface area contributed by atoms with Crippen molar-refractivity contribution in [2.24, 2.45) is 0 Å². The molecule has 0 fully saturated rings. The van der Waals surface area contributed by atoms with Crippen molar-refractivity contribution in [1.29, 1.82) is 0 Å². The van der Waals surface area contributed by atoms with E-state index in [1.807, 2.05) is 48.5 Å². The van der Waals surface area contributed by atoms with Crippen LogP contribution in [-0.2, 0) is 15.5 Å². The number of H-pyrrole nitrogens is 1. The minimum absolute atomic E-state index is 0.0200. The molecule has 6 nitrogen and oxygen atoms in total. The van der Waals surface area contributed by atoms with Gasteiger partial charge in [-0.1, -0.05) is 0 Å². The highest BCUT2D eigenvalue weighted by Gasteiger charge is 2.24. The first-order valence-corrected chi connectivity index (χ1v) is 8.86. The van der Waals surface area contributed by atoms with E-state index in [9.17, 15) is 4.21 Å². The number of imidazole rings is 1. The van der Waals surface area contributed by atoms with Gasteiger partial charge < -0.3 is 19.4 Å². The minimum atomic E-state index is -1.28. The summed E-state index contributed by atoms with van der Waals surface area (Å²) in [6.45, 7) is 2.01. The number of nitrogens with one attached hydrogen (secondary N) is 1. The van der Waals surface area contributed by atoms with Crippen molar-refractivity contribution in [1.82, 2.24) is 14.9 Å². The molecule has 0 saturated carbocycles. The summed E-state index contributed by atoms with van der Waals surface area (Å²) in [5.41, 5.74) is 3.78. The van der Waals surface area contributed by atoms with E-state index in [0.717, 1.165) is 27.9 Å². The van der Waals surface area contributed by atoms with Crippen LogP contribution in [0.4, 0.5) is 0 Å². The van der Waals surface area contributed by atoms with Crippen molar-refractivity contribution < 1.29 is 13.7 Å². The molecule has 2 aliphatic rings. The maximum atomic E-state index is 12.6. The molecule has 0 aliphatic carbocycles. The first kappa shape index (κ1) is 15.0. The average molecular weight is 343 g/mol. The summed E-state index contributed by atoms with van der Waals surface area (Å²) in [5, 5.41) is 0.460. The standard InChI is InChI=1S/C17H17N3O3S/c1-11-9-23-16-5-6-20(8-13(11)16)10-24(21)17-18-14-4-3-12(22-2)7-15(14)19-17/h3-9,16H,10H2,1-2H3,(H,18,19). The van der Waals surface area contributed by atoms with Crippen LogP contribution >= 0.6 is 0 Å². The largest absolute Gasteiger partial charge is 0.497 e. The quantitative estimate of drug-likeness (QED) is 0.924. The molecule has 0 radical (unpaired) electrons. The molecule has 1 aromatic heterocycles. The molecule has 0 spiro atoms. The molecule has 7 heteroatoms. The molecule has 0 amide bonds. The van der Waals surface area contributed by atoms with Crippen molar-refractivity contribution in [2.45, 2.75) is 18.2 Å². The average Bonchev–Trinajstić information content (AvgIpc) is 3.18. The number of rotatable bonds is 4. The van der Waals surface area contributed by atoms with Gasteiger partial charge in [-0.2, -0.15) is 0 Å². The molecule has 2 unspecified atom stereocenters. The molecule has 2 atom stereocenters. The highest BCUT2D eigenvalue weighted by Crippen LogP contribution is 2.29. The number of ether oxygens (including phenoxy) is 2. The third-order valence-electron chi connectivity index (χ3n) is 4.06. The molecule has 0 bridgehead atoms. The maximum Gasteiger partial charge on any atom is 0.199 e. The zero-order chi connectivity index (χ0) is 16.7.